The first-order valence-corrected chi connectivity index (χ1v) is 13.0. The SMILES string of the molecule is C.C=CC(=C)c1ccc(C(=C)CCC(C)(C)C(C)=O)c(F)c1.CCc1cc(CO)ccc1-c1ccccc1C. The van der Waals surface area contributed by atoms with Crippen molar-refractivity contribution in [2.24, 2.45) is 5.41 Å². The van der Waals surface area contributed by atoms with Crippen molar-refractivity contribution in [1.82, 2.24) is 0 Å². The lowest BCUT2D eigenvalue weighted by Gasteiger charge is -2.21. The van der Waals surface area contributed by atoms with Gasteiger partial charge in [0, 0.05) is 11.0 Å². The first kappa shape index (κ1) is 33.5. The maximum absolute atomic E-state index is 14.2. The molecule has 0 saturated heterocycles. The first-order chi connectivity index (χ1) is 17.9. The summed E-state index contributed by atoms with van der Waals surface area (Å²) in [5.41, 5.74) is 8.33. The van der Waals surface area contributed by atoms with Gasteiger partial charge in [-0.15, -0.1) is 0 Å². The van der Waals surface area contributed by atoms with Crippen LogP contribution in [0.1, 0.15) is 75.8 Å². The minimum atomic E-state index is -0.406. The zero-order valence-electron chi connectivity index (χ0n) is 23.5. The highest BCUT2D eigenvalue weighted by Gasteiger charge is 2.23. The molecule has 3 aromatic carbocycles. The van der Waals surface area contributed by atoms with Crippen LogP contribution in [0.5, 0.6) is 0 Å². The lowest BCUT2D eigenvalue weighted by Crippen LogP contribution is -2.21. The second-order valence-electron chi connectivity index (χ2n) is 10.3. The summed E-state index contributed by atoms with van der Waals surface area (Å²) in [6.45, 7) is 21.2. The van der Waals surface area contributed by atoms with Crippen LogP contribution in [0.4, 0.5) is 4.39 Å². The van der Waals surface area contributed by atoms with Crippen molar-refractivity contribution < 1.29 is 14.3 Å². The monoisotopic (exact) mass is 528 g/mol. The van der Waals surface area contributed by atoms with E-state index in [2.05, 4.69) is 70.0 Å². The number of aryl methyl sites for hydroxylation is 2. The largest absolute Gasteiger partial charge is 0.392 e. The molecule has 0 fully saturated rings. The van der Waals surface area contributed by atoms with Crippen molar-refractivity contribution in [2.75, 3.05) is 0 Å². The Balaban J connectivity index is 0.000000387. The van der Waals surface area contributed by atoms with E-state index in [0.29, 0.717) is 35.1 Å². The Kier molecular flexibility index (Phi) is 13.0. The Hall–Kier alpha value is -3.56. The fraction of sp³-hybridized carbons (Fsp3) is 0.306. The van der Waals surface area contributed by atoms with Crippen molar-refractivity contribution in [3.8, 4) is 11.1 Å². The molecule has 0 atom stereocenters. The predicted molar refractivity (Wildman–Crippen MR) is 167 cm³/mol. The van der Waals surface area contributed by atoms with Crippen LogP contribution >= 0.6 is 0 Å². The van der Waals surface area contributed by atoms with E-state index in [4.69, 9.17) is 0 Å². The molecule has 0 radical (unpaired) electrons. The normalized spacial score (nSPS) is 10.5. The minimum Gasteiger partial charge on any atom is -0.392 e. The Morgan fingerprint density at radius 2 is 1.69 bits per heavy atom. The maximum Gasteiger partial charge on any atom is 0.135 e. The Labute approximate surface area is 235 Å². The van der Waals surface area contributed by atoms with E-state index in [0.717, 1.165) is 12.0 Å². The summed E-state index contributed by atoms with van der Waals surface area (Å²) in [6.07, 6.45) is 3.82. The van der Waals surface area contributed by atoms with Crippen LogP contribution in [0.25, 0.3) is 22.3 Å². The smallest absolute Gasteiger partial charge is 0.135 e. The number of ketones is 1. The molecule has 3 aromatic rings. The standard InChI is InChI=1S/C19H23FO.C16H18O.CH4/c1-7-13(2)16-8-9-17(18(20)12-16)14(3)10-11-19(5,6)15(4)21;1-3-14-10-13(11-17)8-9-16(14)15-7-5-4-6-12(15)2;/h7-9,12H,1-3,10-11H2,4-6H3;4-10,17H,3,11H2,1-2H3;1H4. The number of rotatable bonds is 10. The van der Waals surface area contributed by atoms with Gasteiger partial charge in [0.2, 0.25) is 0 Å². The second kappa shape index (κ2) is 15.1. The highest BCUT2D eigenvalue weighted by atomic mass is 19.1. The molecular formula is C36H45FO2. The van der Waals surface area contributed by atoms with E-state index in [1.165, 1.54) is 28.3 Å². The van der Waals surface area contributed by atoms with Crippen LogP contribution in [0.2, 0.25) is 0 Å². The van der Waals surface area contributed by atoms with Crippen molar-refractivity contribution in [1.29, 1.82) is 0 Å². The molecule has 0 aliphatic carbocycles. The number of aliphatic hydroxyl groups is 1. The molecule has 0 bridgehead atoms. The molecular weight excluding hydrogens is 483 g/mol. The van der Waals surface area contributed by atoms with E-state index in [9.17, 15) is 14.3 Å². The van der Waals surface area contributed by atoms with Gasteiger partial charge in [-0.3, -0.25) is 4.79 Å². The Morgan fingerprint density at radius 3 is 2.23 bits per heavy atom. The lowest BCUT2D eigenvalue weighted by molar-refractivity contribution is -0.125. The summed E-state index contributed by atoms with van der Waals surface area (Å²) < 4.78 is 14.2. The molecule has 0 aliphatic rings. The molecule has 0 heterocycles. The van der Waals surface area contributed by atoms with Gasteiger partial charge in [0.25, 0.3) is 0 Å². The van der Waals surface area contributed by atoms with Gasteiger partial charge in [-0.2, -0.15) is 0 Å². The molecule has 3 rings (SSSR count). The number of hydrogen-bond donors (Lipinski definition) is 1. The minimum absolute atomic E-state index is 0. The number of carbonyl (C=O) groups is 1. The number of benzene rings is 3. The number of Topliss-reactive ketones (excluding diaryl/α,β-unsaturated/α-hetero) is 1. The van der Waals surface area contributed by atoms with Gasteiger partial charge in [-0.1, -0.05) is 109 Å². The number of carbonyl (C=O) groups excluding carboxylic acids is 1. The average Bonchev–Trinajstić information content (AvgIpc) is 2.91. The number of allylic oxidation sites excluding steroid dienone is 3. The van der Waals surface area contributed by atoms with Crippen LogP contribution < -0.4 is 0 Å². The molecule has 0 saturated carbocycles. The number of halogens is 1. The summed E-state index contributed by atoms with van der Waals surface area (Å²) >= 11 is 0. The zero-order valence-corrected chi connectivity index (χ0v) is 23.5. The van der Waals surface area contributed by atoms with Crippen LogP contribution in [-0.2, 0) is 17.8 Å². The topological polar surface area (TPSA) is 37.3 Å². The Morgan fingerprint density at radius 1 is 1.03 bits per heavy atom. The second-order valence-corrected chi connectivity index (χ2v) is 10.3. The third-order valence-corrected chi connectivity index (χ3v) is 7.14. The van der Waals surface area contributed by atoms with E-state index in [1.54, 1.807) is 19.1 Å². The fourth-order valence-electron chi connectivity index (χ4n) is 4.07. The van der Waals surface area contributed by atoms with E-state index < -0.39 is 5.41 Å². The molecule has 0 unspecified atom stereocenters. The molecule has 0 amide bonds. The first-order valence-electron chi connectivity index (χ1n) is 13.0. The highest BCUT2D eigenvalue weighted by Crippen LogP contribution is 2.31. The molecule has 2 nitrogen and oxygen atoms in total. The van der Waals surface area contributed by atoms with Crippen LogP contribution in [-0.4, -0.2) is 10.9 Å². The fourth-order valence-corrected chi connectivity index (χ4v) is 4.07. The summed E-state index contributed by atoms with van der Waals surface area (Å²) in [7, 11) is 0. The van der Waals surface area contributed by atoms with Crippen LogP contribution in [0.15, 0.2) is 86.5 Å². The summed E-state index contributed by atoms with van der Waals surface area (Å²) in [5, 5.41) is 9.17. The molecule has 3 heteroatoms. The third kappa shape index (κ3) is 9.01. The quantitative estimate of drug-likeness (QED) is 0.266. The molecule has 0 spiro atoms. The Bertz CT molecular complexity index is 1310. The van der Waals surface area contributed by atoms with Crippen molar-refractivity contribution in [3.63, 3.8) is 0 Å². The van der Waals surface area contributed by atoms with Crippen molar-refractivity contribution in [3.05, 3.63) is 120 Å². The summed E-state index contributed by atoms with van der Waals surface area (Å²) in [6, 6.07) is 19.6. The average molecular weight is 529 g/mol. The van der Waals surface area contributed by atoms with Gasteiger partial charge in [-0.25, -0.2) is 4.39 Å². The molecule has 0 aliphatic heterocycles. The van der Waals surface area contributed by atoms with E-state index in [1.807, 2.05) is 26.0 Å². The van der Waals surface area contributed by atoms with Crippen LogP contribution in [0, 0.1) is 18.2 Å². The molecule has 39 heavy (non-hydrogen) atoms. The summed E-state index contributed by atoms with van der Waals surface area (Å²) in [5.74, 6) is -0.186. The van der Waals surface area contributed by atoms with E-state index >= 15 is 0 Å². The van der Waals surface area contributed by atoms with Gasteiger partial charge in [-0.05, 0) is 83.7 Å². The van der Waals surface area contributed by atoms with Gasteiger partial charge in [0.1, 0.15) is 11.6 Å². The number of aliphatic hydroxyl groups excluding tert-OH is 1. The lowest BCUT2D eigenvalue weighted by atomic mass is 9.82. The molecule has 0 aromatic heterocycles. The third-order valence-electron chi connectivity index (χ3n) is 7.14. The van der Waals surface area contributed by atoms with Crippen molar-refractivity contribution >= 4 is 16.9 Å². The van der Waals surface area contributed by atoms with Gasteiger partial charge < -0.3 is 5.11 Å². The van der Waals surface area contributed by atoms with E-state index in [-0.39, 0.29) is 25.6 Å². The maximum atomic E-state index is 14.2. The number of hydrogen-bond acceptors (Lipinski definition) is 2. The van der Waals surface area contributed by atoms with Gasteiger partial charge in [0.15, 0.2) is 0 Å². The zero-order chi connectivity index (χ0) is 28.5. The highest BCUT2D eigenvalue weighted by molar-refractivity contribution is 5.82. The van der Waals surface area contributed by atoms with Crippen molar-refractivity contribution in [2.45, 2.75) is 67.9 Å². The molecule has 208 valence electrons. The van der Waals surface area contributed by atoms with Crippen LogP contribution in [0.3, 0.4) is 0 Å². The van der Waals surface area contributed by atoms with Gasteiger partial charge in [0.05, 0.1) is 6.61 Å². The predicted octanol–water partition coefficient (Wildman–Crippen LogP) is 9.79. The summed E-state index contributed by atoms with van der Waals surface area (Å²) in [4.78, 5) is 11.5. The van der Waals surface area contributed by atoms with Gasteiger partial charge >= 0.3 is 0 Å². The molecule has 1 N–H and O–H groups in total.